The number of aromatic nitrogens is 4. The molecule has 30 heavy (non-hydrogen) atoms. The second-order valence-corrected chi connectivity index (χ2v) is 7.62. The van der Waals surface area contributed by atoms with Crippen LogP contribution in [0.3, 0.4) is 0 Å². The first kappa shape index (κ1) is 18.3. The number of nitrogens with one attached hydrogen (secondary N) is 1. The van der Waals surface area contributed by atoms with Crippen LogP contribution in [0.4, 0.5) is 27.9 Å². The molecule has 1 atom stereocenters. The maximum absolute atomic E-state index is 13.2. The fraction of sp³-hybridized carbons (Fsp3) is 0.286. The highest BCUT2D eigenvalue weighted by Gasteiger charge is 2.40. The molecule has 0 saturated carbocycles. The van der Waals surface area contributed by atoms with E-state index in [9.17, 15) is 4.79 Å². The molecule has 5 heterocycles. The van der Waals surface area contributed by atoms with E-state index in [-0.39, 0.29) is 12.1 Å². The molecule has 0 spiro atoms. The molecule has 1 N–H and O–H groups in total. The molecule has 5 rings (SSSR count). The smallest absolute Gasteiger partial charge is 0.329 e. The number of carbonyl (C=O) groups excluding carboxylic acids is 1. The number of rotatable bonds is 3. The van der Waals surface area contributed by atoms with Crippen molar-refractivity contribution in [2.75, 3.05) is 47.2 Å². The van der Waals surface area contributed by atoms with E-state index < -0.39 is 0 Å². The van der Waals surface area contributed by atoms with Crippen LogP contribution in [0.5, 0.6) is 0 Å². The Bertz CT molecular complexity index is 1070. The summed E-state index contributed by atoms with van der Waals surface area (Å²) in [6, 6.07) is 7.82. The maximum atomic E-state index is 13.2. The van der Waals surface area contributed by atoms with Crippen LogP contribution in [0.2, 0.25) is 0 Å². The lowest BCUT2D eigenvalue weighted by atomic mass is 10.1. The third-order valence-corrected chi connectivity index (χ3v) is 5.47. The summed E-state index contributed by atoms with van der Waals surface area (Å²) in [7, 11) is 3.91. The average Bonchev–Trinajstić information content (AvgIpc) is 3.18. The second-order valence-electron chi connectivity index (χ2n) is 7.62. The summed E-state index contributed by atoms with van der Waals surface area (Å²) in [5, 5.41) is 2.85. The minimum absolute atomic E-state index is 0.0752. The van der Waals surface area contributed by atoms with E-state index in [2.05, 4.69) is 25.2 Å². The van der Waals surface area contributed by atoms with Crippen LogP contribution in [0.15, 0.2) is 49.1 Å². The normalized spacial score (nSPS) is 16.9. The van der Waals surface area contributed by atoms with Crippen molar-refractivity contribution in [1.29, 1.82) is 0 Å². The van der Waals surface area contributed by atoms with E-state index in [0.717, 1.165) is 42.3 Å². The Morgan fingerprint density at radius 3 is 2.77 bits per heavy atom. The second kappa shape index (κ2) is 7.25. The third-order valence-electron chi connectivity index (χ3n) is 5.47. The van der Waals surface area contributed by atoms with Crippen molar-refractivity contribution in [2.45, 2.75) is 12.5 Å². The van der Waals surface area contributed by atoms with Crippen LogP contribution in [0.1, 0.15) is 6.42 Å². The molecule has 9 heteroatoms. The summed E-state index contributed by atoms with van der Waals surface area (Å²) < 4.78 is 0. The quantitative estimate of drug-likeness (QED) is 0.720. The van der Waals surface area contributed by atoms with Gasteiger partial charge in [-0.3, -0.25) is 15.2 Å². The molecule has 3 aromatic rings. The van der Waals surface area contributed by atoms with Gasteiger partial charge < -0.3 is 9.80 Å². The first-order valence-electron chi connectivity index (χ1n) is 9.86. The van der Waals surface area contributed by atoms with Crippen LogP contribution in [-0.2, 0) is 0 Å². The van der Waals surface area contributed by atoms with Gasteiger partial charge in [-0.1, -0.05) is 0 Å². The van der Waals surface area contributed by atoms with Gasteiger partial charge in [0, 0.05) is 51.3 Å². The Morgan fingerprint density at radius 2 is 2.03 bits per heavy atom. The number of hydrogen-bond donors (Lipinski definition) is 1. The molecule has 152 valence electrons. The Labute approximate surface area is 174 Å². The number of carbonyl (C=O) groups is 1. The maximum Gasteiger partial charge on any atom is 0.329 e. The highest BCUT2D eigenvalue weighted by atomic mass is 16.2. The van der Waals surface area contributed by atoms with Crippen LogP contribution in [0, 0.1) is 0 Å². The number of anilines is 4. The first-order valence-corrected chi connectivity index (χ1v) is 9.86. The third kappa shape index (κ3) is 3.18. The van der Waals surface area contributed by atoms with Crippen molar-refractivity contribution >= 4 is 29.2 Å². The Kier molecular flexibility index (Phi) is 4.42. The molecular weight excluding hydrogens is 380 g/mol. The molecule has 1 saturated heterocycles. The fourth-order valence-electron chi connectivity index (χ4n) is 3.97. The van der Waals surface area contributed by atoms with Crippen LogP contribution in [-0.4, -0.2) is 59.2 Å². The van der Waals surface area contributed by atoms with Gasteiger partial charge in [0.05, 0.1) is 23.6 Å². The molecule has 1 fully saturated rings. The zero-order chi connectivity index (χ0) is 20.7. The molecule has 9 nitrogen and oxygen atoms in total. The number of urea groups is 1. The summed E-state index contributed by atoms with van der Waals surface area (Å²) in [4.78, 5) is 36.7. The Balaban J connectivity index is 1.50. The molecule has 2 bridgehead atoms. The summed E-state index contributed by atoms with van der Waals surface area (Å²) in [5.41, 5.74) is 2.66. The number of hydrogen-bond acceptors (Lipinski definition) is 7. The molecule has 0 aromatic carbocycles. The van der Waals surface area contributed by atoms with Gasteiger partial charge in [0.2, 0.25) is 0 Å². The van der Waals surface area contributed by atoms with Crippen LogP contribution >= 0.6 is 0 Å². The topological polar surface area (TPSA) is 90.4 Å². The first-order chi connectivity index (χ1) is 14.6. The summed E-state index contributed by atoms with van der Waals surface area (Å²) in [6.07, 6.45) is 7.37. The Morgan fingerprint density at radius 1 is 1.13 bits per heavy atom. The van der Waals surface area contributed by atoms with Crippen molar-refractivity contribution in [3.8, 4) is 11.3 Å². The predicted octanol–water partition coefficient (Wildman–Crippen LogP) is 2.63. The SMILES string of the molecule is CN(C)c1ccc(-c2ccc3c(n2)N(C(=O)Nc2cnccn2)[C@H]2CCN3C2)cn1. The van der Waals surface area contributed by atoms with Gasteiger partial charge in [-0.15, -0.1) is 0 Å². The number of fused-ring (bicyclic) bond motifs is 4. The van der Waals surface area contributed by atoms with E-state index in [0.29, 0.717) is 11.6 Å². The van der Waals surface area contributed by atoms with Crippen molar-refractivity contribution in [1.82, 2.24) is 19.9 Å². The summed E-state index contributed by atoms with van der Waals surface area (Å²) in [5.74, 6) is 1.97. The van der Waals surface area contributed by atoms with Gasteiger partial charge in [-0.25, -0.2) is 19.7 Å². The number of pyridine rings is 2. The molecular formula is C21H22N8O. The standard InChI is InChI=1S/C21H22N8O/c1-27(2)19-6-3-14(11-24-19)16-4-5-17-20(25-16)29(15-7-10-28(17)13-15)21(30)26-18-12-22-8-9-23-18/h3-6,8-9,11-12,15H,7,10,13H2,1-2H3,(H,23,26,30)/t15-/m0/s1. The van der Waals surface area contributed by atoms with E-state index in [1.807, 2.05) is 49.5 Å². The average molecular weight is 402 g/mol. The van der Waals surface area contributed by atoms with E-state index in [1.54, 1.807) is 17.3 Å². The summed E-state index contributed by atoms with van der Waals surface area (Å²) in [6.45, 7) is 1.72. The van der Waals surface area contributed by atoms with Crippen molar-refractivity contribution < 1.29 is 4.79 Å². The largest absolute Gasteiger partial charge is 0.366 e. The lowest BCUT2D eigenvalue weighted by Crippen LogP contribution is -2.48. The molecule has 0 aliphatic carbocycles. The van der Waals surface area contributed by atoms with E-state index in [1.165, 1.54) is 6.20 Å². The monoisotopic (exact) mass is 402 g/mol. The zero-order valence-electron chi connectivity index (χ0n) is 16.9. The fourth-order valence-corrected chi connectivity index (χ4v) is 3.97. The molecule has 2 aliphatic rings. The zero-order valence-corrected chi connectivity index (χ0v) is 16.9. The number of amides is 2. The highest BCUT2D eigenvalue weighted by Crippen LogP contribution is 2.40. The molecule has 2 aliphatic heterocycles. The Hall–Kier alpha value is -3.75. The molecule has 0 radical (unpaired) electrons. The van der Waals surface area contributed by atoms with Gasteiger partial charge in [0.1, 0.15) is 5.82 Å². The van der Waals surface area contributed by atoms with Gasteiger partial charge in [0.15, 0.2) is 11.6 Å². The van der Waals surface area contributed by atoms with E-state index in [4.69, 9.17) is 4.98 Å². The van der Waals surface area contributed by atoms with Crippen molar-refractivity contribution in [2.24, 2.45) is 0 Å². The van der Waals surface area contributed by atoms with Crippen molar-refractivity contribution in [3.05, 3.63) is 49.1 Å². The molecule has 3 aromatic heterocycles. The predicted molar refractivity (Wildman–Crippen MR) is 116 cm³/mol. The van der Waals surface area contributed by atoms with Gasteiger partial charge in [-0.05, 0) is 30.7 Å². The van der Waals surface area contributed by atoms with Gasteiger partial charge in [0.25, 0.3) is 0 Å². The summed E-state index contributed by atoms with van der Waals surface area (Å²) >= 11 is 0. The van der Waals surface area contributed by atoms with Gasteiger partial charge in [-0.2, -0.15) is 0 Å². The van der Waals surface area contributed by atoms with Crippen molar-refractivity contribution in [3.63, 3.8) is 0 Å². The van der Waals surface area contributed by atoms with Gasteiger partial charge >= 0.3 is 6.03 Å². The molecule has 2 amide bonds. The number of nitrogens with zero attached hydrogens (tertiary/aromatic N) is 7. The van der Waals surface area contributed by atoms with E-state index >= 15 is 0 Å². The van der Waals surface area contributed by atoms with Crippen LogP contribution in [0.25, 0.3) is 11.3 Å². The molecule has 0 unspecified atom stereocenters. The van der Waals surface area contributed by atoms with Crippen LogP contribution < -0.4 is 20.0 Å². The minimum Gasteiger partial charge on any atom is -0.366 e. The lowest BCUT2D eigenvalue weighted by molar-refractivity contribution is 0.254. The highest BCUT2D eigenvalue weighted by molar-refractivity contribution is 6.04. The lowest BCUT2D eigenvalue weighted by Gasteiger charge is -2.35. The minimum atomic E-state index is -0.242.